The van der Waals surface area contributed by atoms with Gasteiger partial charge in [0.15, 0.2) is 0 Å². The van der Waals surface area contributed by atoms with Crippen LogP contribution in [0.2, 0.25) is 0 Å². The highest BCUT2D eigenvalue weighted by Crippen LogP contribution is 2.15. The van der Waals surface area contributed by atoms with Gasteiger partial charge in [-0.25, -0.2) is 0 Å². The predicted octanol–water partition coefficient (Wildman–Crippen LogP) is 0.993. The van der Waals surface area contributed by atoms with Gasteiger partial charge >= 0.3 is 0 Å². The Bertz CT molecular complexity index is 396. The summed E-state index contributed by atoms with van der Waals surface area (Å²) in [6.07, 6.45) is 0.387. The summed E-state index contributed by atoms with van der Waals surface area (Å²) in [7, 11) is 0. The molecule has 0 aromatic heterocycles. The van der Waals surface area contributed by atoms with E-state index in [0.29, 0.717) is 6.42 Å². The number of amidine groups is 1. The SMILES string of the molecule is Cc1ccc2c(c1)C(=N)NC(=O)C2. The zero-order valence-corrected chi connectivity index (χ0v) is 7.35. The third kappa shape index (κ3) is 1.33. The molecule has 3 nitrogen and oxygen atoms in total. The van der Waals surface area contributed by atoms with Gasteiger partial charge < -0.3 is 5.32 Å². The minimum absolute atomic E-state index is 0.0960. The summed E-state index contributed by atoms with van der Waals surface area (Å²) in [5.41, 5.74) is 2.90. The maximum atomic E-state index is 11.1. The van der Waals surface area contributed by atoms with Crippen molar-refractivity contribution >= 4 is 11.7 Å². The lowest BCUT2D eigenvalue weighted by molar-refractivity contribution is -0.119. The Morgan fingerprint density at radius 3 is 3.00 bits per heavy atom. The summed E-state index contributed by atoms with van der Waals surface area (Å²) in [5.74, 6) is 0.122. The monoisotopic (exact) mass is 174 g/mol. The lowest BCUT2D eigenvalue weighted by Gasteiger charge is -2.17. The number of rotatable bonds is 0. The molecule has 0 spiro atoms. The van der Waals surface area contributed by atoms with Crippen LogP contribution in [-0.2, 0) is 11.2 Å². The highest BCUT2D eigenvalue weighted by atomic mass is 16.1. The summed E-state index contributed by atoms with van der Waals surface area (Å²) in [6, 6.07) is 5.81. The molecule has 1 aliphatic rings. The van der Waals surface area contributed by atoms with Crippen molar-refractivity contribution in [3.8, 4) is 0 Å². The van der Waals surface area contributed by atoms with Crippen LogP contribution in [-0.4, -0.2) is 11.7 Å². The molecule has 1 aromatic carbocycles. The predicted molar refractivity (Wildman–Crippen MR) is 49.9 cm³/mol. The average molecular weight is 174 g/mol. The van der Waals surface area contributed by atoms with E-state index in [4.69, 9.17) is 5.41 Å². The molecule has 0 saturated heterocycles. The Morgan fingerprint density at radius 2 is 2.23 bits per heavy atom. The number of amides is 1. The van der Waals surface area contributed by atoms with E-state index in [2.05, 4.69) is 5.32 Å². The van der Waals surface area contributed by atoms with Crippen molar-refractivity contribution in [1.29, 1.82) is 5.41 Å². The van der Waals surface area contributed by atoms with Crippen molar-refractivity contribution in [3.63, 3.8) is 0 Å². The lowest BCUT2D eigenvalue weighted by Crippen LogP contribution is -2.37. The fourth-order valence-electron chi connectivity index (χ4n) is 1.50. The molecule has 2 rings (SSSR count). The molecule has 1 aliphatic heterocycles. The molecule has 0 unspecified atom stereocenters. The molecule has 1 amide bonds. The summed E-state index contributed by atoms with van der Waals surface area (Å²) in [5, 5.41) is 10.1. The first-order valence-corrected chi connectivity index (χ1v) is 4.15. The van der Waals surface area contributed by atoms with Crippen LogP contribution in [0.15, 0.2) is 18.2 Å². The summed E-state index contributed by atoms with van der Waals surface area (Å²) in [4.78, 5) is 11.1. The zero-order valence-electron chi connectivity index (χ0n) is 7.35. The Hall–Kier alpha value is -1.64. The fourth-order valence-corrected chi connectivity index (χ4v) is 1.50. The number of aryl methyl sites for hydroxylation is 1. The molecule has 0 aliphatic carbocycles. The van der Waals surface area contributed by atoms with E-state index in [9.17, 15) is 4.79 Å². The van der Waals surface area contributed by atoms with Crippen LogP contribution >= 0.6 is 0 Å². The first-order valence-electron chi connectivity index (χ1n) is 4.15. The van der Waals surface area contributed by atoms with E-state index < -0.39 is 0 Å². The molecule has 13 heavy (non-hydrogen) atoms. The molecule has 66 valence electrons. The van der Waals surface area contributed by atoms with Gasteiger partial charge in [-0.1, -0.05) is 17.7 Å². The van der Waals surface area contributed by atoms with Crippen LogP contribution in [0.1, 0.15) is 16.7 Å². The first kappa shape index (κ1) is 7.98. The van der Waals surface area contributed by atoms with Crippen molar-refractivity contribution in [2.45, 2.75) is 13.3 Å². The minimum atomic E-state index is -0.0960. The largest absolute Gasteiger partial charge is 0.310 e. The molecule has 0 fully saturated rings. The molecule has 0 bridgehead atoms. The smallest absolute Gasteiger partial charge is 0.229 e. The lowest BCUT2D eigenvalue weighted by atomic mass is 9.98. The van der Waals surface area contributed by atoms with E-state index in [-0.39, 0.29) is 11.7 Å². The van der Waals surface area contributed by atoms with Gasteiger partial charge in [-0.15, -0.1) is 0 Å². The van der Waals surface area contributed by atoms with Gasteiger partial charge in [0.2, 0.25) is 5.91 Å². The number of fused-ring (bicyclic) bond motifs is 1. The average Bonchev–Trinajstić information content (AvgIpc) is 2.06. The molecule has 0 atom stereocenters. The number of nitrogens with one attached hydrogen (secondary N) is 2. The van der Waals surface area contributed by atoms with Gasteiger partial charge in [0.1, 0.15) is 5.84 Å². The highest BCUT2D eigenvalue weighted by molar-refractivity contribution is 6.11. The Balaban J connectivity index is 2.55. The van der Waals surface area contributed by atoms with Gasteiger partial charge in [-0.05, 0) is 18.6 Å². The number of hydrogen-bond acceptors (Lipinski definition) is 2. The van der Waals surface area contributed by atoms with Gasteiger partial charge in [-0.3, -0.25) is 10.2 Å². The highest BCUT2D eigenvalue weighted by Gasteiger charge is 2.18. The Labute approximate surface area is 76.3 Å². The van der Waals surface area contributed by atoms with E-state index in [1.165, 1.54) is 0 Å². The van der Waals surface area contributed by atoms with Crippen molar-refractivity contribution in [2.75, 3.05) is 0 Å². The molecule has 0 radical (unpaired) electrons. The molecule has 0 saturated carbocycles. The molecule has 1 heterocycles. The van der Waals surface area contributed by atoms with E-state index in [1.54, 1.807) is 0 Å². The van der Waals surface area contributed by atoms with Crippen LogP contribution in [0.4, 0.5) is 0 Å². The fraction of sp³-hybridized carbons (Fsp3) is 0.200. The van der Waals surface area contributed by atoms with Crippen LogP contribution in [0.5, 0.6) is 0 Å². The van der Waals surface area contributed by atoms with E-state index >= 15 is 0 Å². The minimum Gasteiger partial charge on any atom is -0.310 e. The first-order chi connectivity index (χ1) is 6.16. The summed E-state index contributed by atoms with van der Waals surface area (Å²) < 4.78 is 0. The van der Waals surface area contributed by atoms with Gasteiger partial charge in [0.25, 0.3) is 0 Å². The van der Waals surface area contributed by atoms with Crippen molar-refractivity contribution in [3.05, 3.63) is 34.9 Å². The van der Waals surface area contributed by atoms with Crippen molar-refractivity contribution in [1.82, 2.24) is 5.32 Å². The molecular formula is C10H10N2O. The Kier molecular flexibility index (Phi) is 1.65. The third-order valence-corrected chi connectivity index (χ3v) is 2.15. The van der Waals surface area contributed by atoms with Crippen molar-refractivity contribution in [2.24, 2.45) is 0 Å². The molecular weight excluding hydrogens is 164 g/mol. The summed E-state index contributed by atoms with van der Waals surface area (Å²) >= 11 is 0. The van der Waals surface area contributed by atoms with E-state index in [0.717, 1.165) is 16.7 Å². The van der Waals surface area contributed by atoms with E-state index in [1.807, 2.05) is 25.1 Å². The molecule has 1 aromatic rings. The molecule has 3 heteroatoms. The van der Waals surface area contributed by atoms with Crippen LogP contribution in [0, 0.1) is 12.3 Å². The second-order valence-electron chi connectivity index (χ2n) is 3.26. The van der Waals surface area contributed by atoms with Gasteiger partial charge in [-0.2, -0.15) is 0 Å². The van der Waals surface area contributed by atoms with Crippen LogP contribution in [0.3, 0.4) is 0 Å². The van der Waals surface area contributed by atoms with Crippen LogP contribution < -0.4 is 5.32 Å². The Morgan fingerprint density at radius 1 is 1.46 bits per heavy atom. The van der Waals surface area contributed by atoms with Crippen molar-refractivity contribution < 1.29 is 4.79 Å². The number of carbonyl (C=O) groups excluding carboxylic acids is 1. The number of carbonyl (C=O) groups is 1. The van der Waals surface area contributed by atoms with Gasteiger partial charge in [0, 0.05) is 5.56 Å². The second-order valence-corrected chi connectivity index (χ2v) is 3.26. The maximum absolute atomic E-state index is 11.1. The zero-order chi connectivity index (χ0) is 9.42. The maximum Gasteiger partial charge on any atom is 0.229 e. The molecule has 2 N–H and O–H groups in total. The number of hydrogen-bond donors (Lipinski definition) is 2. The topological polar surface area (TPSA) is 53.0 Å². The standard InChI is InChI=1S/C10H10N2O/c1-6-2-3-7-5-9(13)12-10(11)8(7)4-6/h2-4H,5H2,1H3,(H2,11,12,13). The third-order valence-electron chi connectivity index (χ3n) is 2.15. The quantitative estimate of drug-likeness (QED) is 0.605. The second kappa shape index (κ2) is 2.69. The number of benzene rings is 1. The van der Waals surface area contributed by atoms with Crippen LogP contribution in [0.25, 0.3) is 0 Å². The normalized spacial score (nSPS) is 15.2. The van der Waals surface area contributed by atoms with Gasteiger partial charge in [0.05, 0.1) is 6.42 Å². The summed E-state index contributed by atoms with van der Waals surface area (Å²) in [6.45, 7) is 1.98.